The quantitative estimate of drug-likeness (QED) is 0.849. The van der Waals surface area contributed by atoms with Crippen LogP contribution in [-0.4, -0.2) is 27.3 Å². The number of rotatable bonds is 3. The van der Waals surface area contributed by atoms with Crippen LogP contribution in [0.4, 0.5) is 5.69 Å². The van der Waals surface area contributed by atoms with E-state index in [9.17, 15) is 0 Å². The Hall–Kier alpha value is -1.61. The van der Waals surface area contributed by atoms with E-state index in [1.165, 1.54) is 18.5 Å². The van der Waals surface area contributed by atoms with Crippen molar-refractivity contribution in [2.75, 3.05) is 32.2 Å². The minimum absolute atomic E-state index is 0.677. The van der Waals surface area contributed by atoms with Crippen molar-refractivity contribution in [3.05, 3.63) is 29.3 Å². The maximum atomic E-state index is 6.39. The summed E-state index contributed by atoms with van der Waals surface area (Å²) in [6.45, 7) is 2.16. The largest absolute Gasteiger partial charge is 0.493 e. The third-order valence-electron chi connectivity index (χ3n) is 3.88. The van der Waals surface area contributed by atoms with Gasteiger partial charge < -0.3 is 14.4 Å². The van der Waals surface area contributed by atoms with E-state index >= 15 is 0 Å². The van der Waals surface area contributed by atoms with Gasteiger partial charge >= 0.3 is 0 Å². The van der Waals surface area contributed by atoms with E-state index in [0.29, 0.717) is 10.8 Å². The smallest absolute Gasteiger partial charge is 0.170 e. The molecule has 4 heteroatoms. The average Bonchev–Trinajstić information content (AvgIpc) is 3.00. The van der Waals surface area contributed by atoms with Gasteiger partial charge in [0.05, 0.1) is 24.6 Å². The van der Waals surface area contributed by atoms with Gasteiger partial charge in [0.2, 0.25) is 0 Å². The molecule has 1 heterocycles. The van der Waals surface area contributed by atoms with Crippen LogP contribution < -0.4 is 14.4 Å². The van der Waals surface area contributed by atoms with Crippen molar-refractivity contribution in [3.8, 4) is 11.5 Å². The topological polar surface area (TPSA) is 21.7 Å². The highest BCUT2D eigenvalue weighted by atomic mass is 35.5. The molecule has 1 aliphatic rings. The number of halogens is 1. The van der Waals surface area contributed by atoms with E-state index in [2.05, 4.69) is 11.0 Å². The van der Waals surface area contributed by atoms with E-state index < -0.39 is 0 Å². The van der Waals surface area contributed by atoms with Crippen molar-refractivity contribution < 1.29 is 9.47 Å². The molecule has 2 aromatic rings. The van der Waals surface area contributed by atoms with Crippen molar-refractivity contribution in [3.63, 3.8) is 0 Å². The number of hydrogen-bond acceptors (Lipinski definition) is 3. The molecule has 1 fully saturated rings. The Kier molecular flexibility index (Phi) is 3.62. The molecular formula is C16H18ClNO2. The molecule has 3 rings (SSSR count). The van der Waals surface area contributed by atoms with Gasteiger partial charge in [-0.2, -0.15) is 0 Å². The van der Waals surface area contributed by atoms with Crippen LogP contribution in [0.25, 0.3) is 10.8 Å². The summed E-state index contributed by atoms with van der Waals surface area (Å²) >= 11 is 6.39. The number of benzene rings is 2. The zero-order chi connectivity index (χ0) is 14.1. The predicted octanol–water partition coefficient (Wildman–Crippen LogP) is 4.11. The molecule has 3 nitrogen and oxygen atoms in total. The molecule has 0 bridgehead atoms. The molecule has 1 aliphatic heterocycles. The zero-order valence-electron chi connectivity index (χ0n) is 11.8. The van der Waals surface area contributed by atoms with Crippen LogP contribution in [0.3, 0.4) is 0 Å². The standard InChI is InChI=1S/C16H18ClNO2/c1-19-14-10-12(17)11-6-5-7-13(15(11)16(14)20-2)18-8-3-4-9-18/h5-7,10H,3-4,8-9H2,1-2H3. The Balaban J connectivity index is 2.32. The van der Waals surface area contributed by atoms with Gasteiger partial charge in [-0.25, -0.2) is 0 Å². The normalized spacial score (nSPS) is 14.8. The second-order valence-electron chi connectivity index (χ2n) is 4.99. The van der Waals surface area contributed by atoms with Crippen LogP contribution in [0.1, 0.15) is 12.8 Å². The summed E-state index contributed by atoms with van der Waals surface area (Å²) in [6, 6.07) is 8.02. The van der Waals surface area contributed by atoms with Crippen molar-refractivity contribution >= 4 is 28.1 Å². The molecule has 0 atom stereocenters. The summed E-state index contributed by atoms with van der Waals surface area (Å²) in [5, 5.41) is 2.74. The first kappa shape index (κ1) is 13.4. The highest BCUT2D eigenvalue weighted by Crippen LogP contribution is 2.44. The maximum Gasteiger partial charge on any atom is 0.170 e. The van der Waals surface area contributed by atoms with Crippen molar-refractivity contribution in [1.29, 1.82) is 0 Å². The fourth-order valence-corrected chi connectivity index (χ4v) is 3.19. The maximum absolute atomic E-state index is 6.39. The molecule has 20 heavy (non-hydrogen) atoms. The summed E-state index contributed by atoms with van der Waals surface area (Å²) in [7, 11) is 3.31. The summed E-state index contributed by atoms with van der Waals surface area (Å²) < 4.78 is 11.0. The molecular weight excluding hydrogens is 274 g/mol. The zero-order valence-corrected chi connectivity index (χ0v) is 12.5. The summed E-state index contributed by atoms with van der Waals surface area (Å²) in [4.78, 5) is 2.39. The lowest BCUT2D eigenvalue weighted by atomic mass is 10.1. The second kappa shape index (κ2) is 5.41. The third-order valence-corrected chi connectivity index (χ3v) is 4.19. The van der Waals surface area contributed by atoms with Crippen LogP contribution in [0.2, 0.25) is 5.02 Å². The SMILES string of the molecule is COc1cc(Cl)c2cccc(N3CCCC3)c2c1OC. The van der Waals surface area contributed by atoms with Crippen molar-refractivity contribution in [2.45, 2.75) is 12.8 Å². The molecule has 2 aromatic carbocycles. The monoisotopic (exact) mass is 291 g/mol. The Morgan fingerprint density at radius 3 is 2.50 bits per heavy atom. The highest BCUT2D eigenvalue weighted by Gasteiger charge is 2.20. The molecule has 0 aromatic heterocycles. The summed E-state index contributed by atoms with van der Waals surface area (Å²) in [5.74, 6) is 1.44. The van der Waals surface area contributed by atoms with Gasteiger partial charge in [-0.3, -0.25) is 0 Å². The predicted molar refractivity (Wildman–Crippen MR) is 83.5 cm³/mol. The van der Waals surface area contributed by atoms with Crippen LogP contribution in [0.15, 0.2) is 24.3 Å². The van der Waals surface area contributed by atoms with Gasteiger partial charge in [0.15, 0.2) is 11.5 Å². The fourth-order valence-electron chi connectivity index (χ4n) is 2.94. The highest BCUT2D eigenvalue weighted by molar-refractivity contribution is 6.36. The summed E-state index contributed by atoms with van der Waals surface area (Å²) in [6.07, 6.45) is 2.47. The third kappa shape index (κ3) is 2.06. The van der Waals surface area contributed by atoms with E-state index in [-0.39, 0.29) is 0 Å². The molecule has 0 saturated carbocycles. The molecule has 0 N–H and O–H groups in total. The second-order valence-corrected chi connectivity index (χ2v) is 5.39. The van der Waals surface area contributed by atoms with E-state index in [4.69, 9.17) is 21.1 Å². The first-order chi connectivity index (χ1) is 9.76. The van der Waals surface area contributed by atoms with Gasteiger partial charge in [0, 0.05) is 30.2 Å². The van der Waals surface area contributed by atoms with E-state index in [1.54, 1.807) is 14.2 Å². The molecule has 0 aliphatic carbocycles. The Morgan fingerprint density at radius 1 is 1.10 bits per heavy atom. The van der Waals surface area contributed by atoms with Gasteiger partial charge in [0.1, 0.15) is 0 Å². The molecule has 0 amide bonds. The van der Waals surface area contributed by atoms with Gasteiger partial charge in [-0.15, -0.1) is 0 Å². The molecule has 0 spiro atoms. The Bertz CT molecular complexity index is 636. The van der Waals surface area contributed by atoms with Crippen molar-refractivity contribution in [2.24, 2.45) is 0 Å². The van der Waals surface area contributed by atoms with Gasteiger partial charge in [0.25, 0.3) is 0 Å². The van der Waals surface area contributed by atoms with Crippen LogP contribution in [0, 0.1) is 0 Å². The first-order valence-corrected chi connectivity index (χ1v) is 7.22. The minimum atomic E-state index is 0.677. The number of nitrogens with zero attached hydrogens (tertiary/aromatic N) is 1. The van der Waals surface area contributed by atoms with Gasteiger partial charge in [-0.1, -0.05) is 23.7 Å². The molecule has 1 saturated heterocycles. The Morgan fingerprint density at radius 2 is 1.85 bits per heavy atom. The average molecular weight is 292 g/mol. The molecule has 0 radical (unpaired) electrons. The number of anilines is 1. The number of ether oxygens (including phenoxy) is 2. The lowest BCUT2D eigenvalue weighted by molar-refractivity contribution is 0.358. The van der Waals surface area contributed by atoms with Gasteiger partial charge in [-0.05, 0) is 18.9 Å². The van der Waals surface area contributed by atoms with Crippen LogP contribution >= 0.6 is 11.6 Å². The van der Waals surface area contributed by atoms with E-state index in [0.717, 1.165) is 29.6 Å². The fraction of sp³-hybridized carbons (Fsp3) is 0.375. The number of hydrogen-bond donors (Lipinski definition) is 0. The first-order valence-electron chi connectivity index (χ1n) is 6.84. The van der Waals surface area contributed by atoms with Crippen molar-refractivity contribution in [1.82, 2.24) is 0 Å². The minimum Gasteiger partial charge on any atom is -0.493 e. The Labute approximate surface area is 124 Å². The molecule has 0 unspecified atom stereocenters. The lowest BCUT2D eigenvalue weighted by Gasteiger charge is -2.22. The summed E-state index contributed by atoms with van der Waals surface area (Å²) in [5.41, 5.74) is 1.18. The van der Waals surface area contributed by atoms with E-state index in [1.807, 2.05) is 18.2 Å². The lowest BCUT2D eigenvalue weighted by Crippen LogP contribution is -2.18. The number of fused-ring (bicyclic) bond motifs is 1. The van der Waals surface area contributed by atoms with Crippen LogP contribution in [-0.2, 0) is 0 Å². The van der Waals surface area contributed by atoms with Crippen LogP contribution in [0.5, 0.6) is 11.5 Å². The molecule has 106 valence electrons. The number of methoxy groups -OCH3 is 2.